The maximum absolute atomic E-state index is 14.8. The van der Waals surface area contributed by atoms with Gasteiger partial charge in [-0.3, -0.25) is 9.59 Å². The monoisotopic (exact) mass is 547 g/mol. The number of tetrazole rings is 1. The number of benzene rings is 3. The quantitative estimate of drug-likeness (QED) is 0.237. The van der Waals surface area contributed by atoms with Gasteiger partial charge in [0, 0.05) is 18.1 Å². The van der Waals surface area contributed by atoms with Gasteiger partial charge in [0.05, 0.1) is 29.4 Å². The normalized spacial score (nSPS) is 11.8. The Bertz CT molecular complexity index is 1490. The fraction of sp³-hybridized carbons (Fsp3) is 0.143. The van der Waals surface area contributed by atoms with Crippen molar-refractivity contribution in [2.45, 2.75) is 18.9 Å². The summed E-state index contributed by atoms with van der Waals surface area (Å²) in [5, 5.41) is 13.5. The lowest BCUT2D eigenvalue weighted by Crippen LogP contribution is -2.42. The highest BCUT2D eigenvalue weighted by molar-refractivity contribution is 6.31. The molecule has 0 saturated heterocycles. The summed E-state index contributed by atoms with van der Waals surface area (Å²) in [6.45, 7) is 0. The van der Waals surface area contributed by atoms with E-state index in [2.05, 4.69) is 20.8 Å². The van der Waals surface area contributed by atoms with Crippen LogP contribution in [0.5, 0.6) is 0 Å². The Kier molecular flexibility index (Phi) is 8.90. The van der Waals surface area contributed by atoms with Crippen LogP contribution in [0.1, 0.15) is 27.0 Å². The molecule has 9 nitrogen and oxygen atoms in total. The number of ether oxygens (including phenoxy) is 1. The first kappa shape index (κ1) is 27.3. The number of hydrogen-bond acceptors (Lipinski definition) is 7. The number of amides is 1. The molecule has 11 heteroatoms. The maximum atomic E-state index is 14.8. The minimum Gasteiger partial charge on any atom is -0.465 e. The lowest BCUT2D eigenvalue weighted by Gasteiger charge is -2.17. The van der Waals surface area contributed by atoms with E-state index in [1.165, 1.54) is 36.3 Å². The zero-order chi connectivity index (χ0) is 27.8. The summed E-state index contributed by atoms with van der Waals surface area (Å²) >= 11 is 5.95. The van der Waals surface area contributed by atoms with Gasteiger partial charge in [-0.15, -0.1) is 5.10 Å². The van der Waals surface area contributed by atoms with Gasteiger partial charge in [-0.1, -0.05) is 54.1 Å². The number of halogens is 2. The van der Waals surface area contributed by atoms with Gasteiger partial charge in [-0.05, 0) is 58.3 Å². The van der Waals surface area contributed by atoms with E-state index in [0.29, 0.717) is 11.1 Å². The van der Waals surface area contributed by atoms with Gasteiger partial charge in [0.2, 0.25) is 5.91 Å². The van der Waals surface area contributed by atoms with Crippen molar-refractivity contribution in [2.75, 3.05) is 7.11 Å². The molecule has 1 heterocycles. The van der Waals surface area contributed by atoms with E-state index in [0.717, 1.165) is 11.6 Å². The van der Waals surface area contributed by atoms with Crippen LogP contribution in [0.3, 0.4) is 0 Å². The lowest BCUT2D eigenvalue weighted by atomic mass is 9.97. The molecular weight excluding hydrogens is 525 g/mol. The molecule has 0 aliphatic heterocycles. The van der Waals surface area contributed by atoms with Crippen LogP contribution in [0.15, 0.2) is 79.1 Å². The Morgan fingerprint density at radius 2 is 1.79 bits per heavy atom. The second kappa shape index (κ2) is 12.7. The van der Waals surface area contributed by atoms with Crippen molar-refractivity contribution in [1.29, 1.82) is 0 Å². The third-order valence-electron chi connectivity index (χ3n) is 5.85. The molecule has 1 amide bonds. The van der Waals surface area contributed by atoms with Gasteiger partial charge in [0.15, 0.2) is 11.6 Å². The molecule has 0 saturated carbocycles. The summed E-state index contributed by atoms with van der Waals surface area (Å²) in [5.41, 5.74) is 2.16. The Morgan fingerprint density at radius 1 is 1.05 bits per heavy atom. The zero-order valence-electron chi connectivity index (χ0n) is 20.8. The van der Waals surface area contributed by atoms with E-state index < -0.39 is 23.7 Å². The number of Topliss-reactive ketones (excluding diaryl/α,β-unsaturated/α-hetero) is 1. The summed E-state index contributed by atoms with van der Waals surface area (Å²) < 4.78 is 20.8. The topological polar surface area (TPSA) is 116 Å². The second-order valence-corrected chi connectivity index (χ2v) is 8.87. The van der Waals surface area contributed by atoms with E-state index in [1.807, 2.05) is 30.3 Å². The highest BCUT2D eigenvalue weighted by Crippen LogP contribution is 2.25. The number of ketones is 1. The van der Waals surface area contributed by atoms with Gasteiger partial charge < -0.3 is 10.1 Å². The first-order valence-electron chi connectivity index (χ1n) is 11.8. The summed E-state index contributed by atoms with van der Waals surface area (Å²) in [6, 6.07) is 17.7. The number of aromatic nitrogens is 4. The predicted molar refractivity (Wildman–Crippen MR) is 142 cm³/mol. The number of nitrogens with zero attached hydrogens (tertiary/aromatic N) is 4. The van der Waals surface area contributed by atoms with Crippen molar-refractivity contribution in [3.8, 4) is 5.69 Å². The number of methoxy groups -OCH3 is 1. The fourth-order valence-corrected chi connectivity index (χ4v) is 4.03. The van der Waals surface area contributed by atoms with Crippen LogP contribution >= 0.6 is 11.6 Å². The van der Waals surface area contributed by atoms with Crippen molar-refractivity contribution in [3.63, 3.8) is 0 Å². The van der Waals surface area contributed by atoms with Gasteiger partial charge in [0.25, 0.3) is 0 Å². The second-order valence-electron chi connectivity index (χ2n) is 8.46. The van der Waals surface area contributed by atoms with Crippen molar-refractivity contribution < 1.29 is 23.5 Å². The van der Waals surface area contributed by atoms with Crippen molar-refractivity contribution in [1.82, 2.24) is 25.5 Å². The Hall–Kier alpha value is -4.70. The standard InChI is InChI=1S/C28H23ClFN5O4/c1-39-28(38)20-9-7-19(8-10-20)16-25(36)23(15-18-5-3-2-4-6-18)32-26(37)14-11-21-24(35-17-31-33-34-35)13-12-22(29)27(21)30/h2-14,17,23H,15-16H2,1H3,(H,32,37)/b14-11+/t23-/m0/s1. The van der Waals surface area contributed by atoms with Gasteiger partial charge in [-0.25, -0.2) is 9.18 Å². The Morgan fingerprint density at radius 3 is 2.46 bits per heavy atom. The van der Waals surface area contributed by atoms with Crippen LogP contribution in [0, 0.1) is 5.82 Å². The van der Waals surface area contributed by atoms with Gasteiger partial charge >= 0.3 is 5.97 Å². The molecule has 4 rings (SSSR count). The molecule has 4 aromatic rings. The molecule has 0 aliphatic rings. The van der Waals surface area contributed by atoms with Crippen molar-refractivity contribution in [3.05, 3.63) is 112 Å². The third-order valence-corrected chi connectivity index (χ3v) is 6.14. The summed E-state index contributed by atoms with van der Waals surface area (Å²) in [5.74, 6) is -2.07. The SMILES string of the molecule is COC(=O)c1ccc(CC(=O)[C@H](Cc2ccccc2)NC(=O)/C=C/c2c(-n3cnnn3)ccc(Cl)c2F)cc1. The van der Waals surface area contributed by atoms with E-state index >= 15 is 0 Å². The van der Waals surface area contributed by atoms with Gasteiger partial charge in [0.1, 0.15) is 6.33 Å². The summed E-state index contributed by atoms with van der Waals surface area (Å²) in [7, 11) is 1.29. The van der Waals surface area contributed by atoms with Crippen LogP contribution in [-0.4, -0.2) is 51.0 Å². The molecule has 0 bridgehead atoms. The smallest absolute Gasteiger partial charge is 0.337 e. The molecule has 39 heavy (non-hydrogen) atoms. The molecular formula is C28H23ClFN5O4. The van der Waals surface area contributed by atoms with Crippen molar-refractivity contribution in [2.24, 2.45) is 0 Å². The van der Waals surface area contributed by atoms with E-state index in [4.69, 9.17) is 16.3 Å². The summed E-state index contributed by atoms with van der Waals surface area (Å²) in [6.07, 6.45) is 3.94. The minimum absolute atomic E-state index is 0.00146. The number of esters is 1. The molecule has 1 N–H and O–H groups in total. The molecule has 0 unspecified atom stereocenters. The average molecular weight is 548 g/mol. The molecule has 3 aromatic carbocycles. The van der Waals surface area contributed by atoms with Gasteiger partial charge in [-0.2, -0.15) is 4.68 Å². The number of hydrogen-bond donors (Lipinski definition) is 1. The lowest BCUT2D eigenvalue weighted by molar-refractivity contribution is -0.125. The van der Waals surface area contributed by atoms with Crippen LogP contribution in [0.2, 0.25) is 5.02 Å². The molecule has 0 spiro atoms. The van der Waals surface area contributed by atoms with E-state index in [1.54, 1.807) is 24.3 Å². The molecule has 0 radical (unpaired) electrons. The van der Waals surface area contributed by atoms with Crippen LogP contribution in [0.25, 0.3) is 11.8 Å². The minimum atomic E-state index is -0.868. The fourth-order valence-electron chi connectivity index (χ4n) is 3.86. The highest BCUT2D eigenvalue weighted by Gasteiger charge is 2.21. The Labute approximate surface area is 228 Å². The zero-order valence-corrected chi connectivity index (χ0v) is 21.5. The largest absolute Gasteiger partial charge is 0.465 e. The molecule has 0 aliphatic carbocycles. The van der Waals surface area contributed by atoms with Crippen LogP contribution in [-0.2, 0) is 27.2 Å². The number of carbonyl (C=O) groups excluding carboxylic acids is 3. The first-order valence-corrected chi connectivity index (χ1v) is 12.2. The molecule has 1 aromatic heterocycles. The predicted octanol–water partition coefficient (Wildman–Crippen LogP) is 3.79. The van der Waals surface area contributed by atoms with Crippen LogP contribution in [0.4, 0.5) is 4.39 Å². The van der Waals surface area contributed by atoms with E-state index in [9.17, 15) is 18.8 Å². The molecule has 198 valence electrons. The summed E-state index contributed by atoms with van der Waals surface area (Å²) in [4.78, 5) is 37.9. The van der Waals surface area contributed by atoms with Crippen LogP contribution < -0.4 is 5.32 Å². The molecule has 0 fully saturated rings. The average Bonchev–Trinajstić information content (AvgIpc) is 3.49. The Balaban J connectivity index is 1.54. The third kappa shape index (κ3) is 6.99. The number of rotatable bonds is 10. The first-order chi connectivity index (χ1) is 18.9. The number of carbonyl (C=O) groups is 3. The molecule has 1 atom stereocenters. The number of nitrogens with one attached hydrogen (secondary N) is 1. The highest BCUT2D eigenvalue weighted by atomic mass is 35.5. The van der Waals surface area contributed by atoms with E-state index in [-0.39, 0.29) is 34.9 Å². The maximum Gasteiger partial charge on any atom is 0.337 e. The van der Waals surface area contributed by atoms with Crippen molar-refractivity contribution >= 4 is 35.3 Å².